The fourth-order valence-electron chi connectivity index (χ4n) is 3.42. The number of halogens is 1. The van der Waals surface area contributed by atoms with Crippen molar-refractivity contribution in [2.75, 3.05) is 17.2 Å². The fraction of sp³-hybridized carbons (Fsp3) is 0.167. The van der Waals surface area contributed by atoms with Crippen LogP contribution >= 0.6 is 11.6 Å². The standard InChI is InChI=1S/C24H24ClN7O2S/c1-16-2-8-21(9-3-16)35(33,34)11-10-32-15-17(14-28-32)12-18-13-22(26)29-24(27)23(18)31-30-20-6-4-19(25)5-7-20/h2-9,13-15H,10-12H2,1H3,(H4,26,27,29). The Morgan fingerprint density at radius 1 is 1.03 bits per heavy atom. The van der Waals surface area contributed by atoms with Gasteiger partial charge in [0.2, 0.25) is 0 Å². The summed E-state index contributed by atoms with van der Waals surface area (Å²) in [4.78, 5) is 4.39. The van der Waals surface area contributed by atoms with Crippen LogP contribution in [0.15, 0.2) is 82.1 Å². The molecule has 2 aromatic carbocycles. The molecule has 180 valence electrons. The lowest BCUT2D eigenvalue weighted by Crippen LogP contribution is -2.13. The molecule has 0 radical (unpaired) electrons. The largest absolute Gasteiger partial charge is 0.384 e. The minimum atomic E-state index is -3.42. The number of nitrogens with zero attached hydrogens (tertiary/aromatic N) is 5. The monoisotopic (exact) mass is 509 g/mol. The molecule has 4 rings (SSSR count). The van der Waals surface area contributed by atoms with E-state index in [-0.39, 0.29) is 23.9 Å². The molecule has 9 nitrogen and oxygen atoms in total. The number of aromatic nitrogens is 3. The summed E-state index contributed by atoms with van der Waals surface area (Å²) < 4.78 is 26.9. The number of anilines is 2. The molecule has 0 bridgehead atoms. The second-order valence-corrected chi connectivity index (χ2v) is 10.6. The average molecular weight is 510 g/mol. The van der Waals surface area contributed by atoms with E-state index < -0.39 is 9.84 Å². The Labute approximate surface area is 208 Å². The summed E-state index contributed by atoms with van der Waals surface area (Å²) in [5, 5.41) is 13.4. The number of rotatable bonds is 8. The van der Waals surface area contributed by atoms with Crippen LogP contribution in [0.3, 0.4) is 0 Å². The maximum absolute atomic E-state index is 12.6. The number of nitrogens with two attached hydrogens (primary N) is 2. The lowest BCUT2D eigenvalue weighted by atomic mass is 10.1. The van der Waals surface area contributed by atoms with Crippen LogP contribution in [0.5, 0.6) is 0 Å². The Bertz CT molecular complexity index is 1470. The lowest BCUT2D eigenvalue weighted by Gasteiger charge is -2.08. The van der Waals surface area contributed by atoms with E-state index in [9.17, 15) is 8.42 Å². The molecule has 0 atom stereocenters. The molecule has 0 saturated carbocycles. The molecule has 2 heterocycles. The molecule has 0 aliphatic rings. The van der Waals surface area contributed by atoms with Crippen molar-refractivity contribution in [2.45, 2.75) is 24.8 Å². The number of sulfone groups is 1. The van der Waals surface area contributed by atoms with Gasteiger partial charge in [-0.15, -0.1) is 5.11 Å². The highest BCUT2D eigenvalue weighted by Crippen LogP contribution is 2.31. The van der Waals surface area contributed by atoms with Crippen molar-refractivity contribution < 1.29 is 8.42 Å². The van der Waals surface area contributed by atoms with Crippen molar-refractivity contribution in [3.05, 3.63) is 88.7 Å². The van der Waals surface area contributed by atoms with Crippen molar-refractivity contribution in [1.29, 1.82) is 0 Å². The fourth-order valence-corrected chi connectivity index (χ4v) is 4.76. The summed E-state index contributed by atoms with van der Waals surface area (Å²) in [5.41, 5.74) is 15.6. The molecule has 35 heavy (non-hydrogen) atoms. The molecule has 4 N–H and O–H groups in total. The molecular weight excluding hydrogens is 486 g/mol. The number of aryl methyl sites for hydroxylation is 2. The van der Waals surface area contributed by atoms with Crippen LogP contribution in [0.1, 0.15) is 16.7 Å². The molecule has 0 unspecified atom stereocenters. The van der Waals surface area contributed by atoms with Gasteiger partial charge in [0.05, 0.1) is 29.1 Å². The average Bonchev–Trinajstić information content (AvgIpc) is 3.26. The van der Waals surface area contributed by atoms with E-state index in [4.69, 9.17) is 23.1 Å². The third-order valence-corrected chi connectivity index (χ3v) is 7.22. The number of hydrogen-bond donors (Lipinski definition) is 2. The van der Waals surface area contributed by atoms with Crippen molar-refractivity contribution in [3.63, 3.8) is 0 Å². The minimum Gasteiger partial charge on any atom is -0.384 e. The molecule has 0 saturated heterocycles. The summed E-state index contributed by atoms with van der Waals surface area (Å²) in [6, 6.07) is 15.4. The zero-order chi connectivity index (χ0) is 25.0. The highest BCUT2D eigenvalue weighted by atomic mass is 35.5. The number of nitrogen functional groups attached to an aromatic ring is 2. The van der Waals surface area contributed by atoms with Crippen molar-refractivity contribution in [2.24, 2.45) is 10.2 Å². The van der Waals surface area contributed by atoms with Gasteiger partial charge in [-0.25, -0.2) is 13.4 Å². The number of pyridine rings is 1. The van der Waals surface area contributed by atoms with E-state index in [1.165, 1.54) is 0 Å². The van der Waals surface area contributed by atoms with Crippen LogP contribution in [0.4, 0.5) is 23.0 Å². The molecule has 0 spiro atoms. The molecule has 11 heteroatoms. The smallest absolute Gasteiger partial charge is 0.180 e. The summed E-state index contributed by atoms with van der Waals surface area (Å²) in [5.74, 6) is 0.362. The predicted octanol–water partition coefficient (Wildman–Crippen LogP) is 4.88. The normalized spacial score (nSPS) is 11.8. The Balaban J connectivity index is 1.49. The highest BCUT2D eigenvalue weighted by molar-refractivity contribution is 7.91. The third kappa shape index (κ3) is 6.23. The minimum absolute atomic E-state index is 0.0626. The summed E-state index contributed by atoms with van der Waals surface area (Å²) in [7, 11) is -3.42. The Morgan fingerprint density at radius 2 is 1.74 bits per heavy atom. The van der Waals surface area contributed by atoms with Gasteiger partial charge in [-0.1, -0.05) is 29.3 Å². The first-order valence-corrected chi connectivity index (χ1v) is 12.8. The maximum Gasteiger partial charge on any atom is 0.180 e. The summed E-state index contributed by atoms with van der Waals surface area (Å²) in [6.07, 6.45) is 3.87. The van der Waals surface area contributed by atoms with E-state index in [0.717, 1.165) is 16.7 Å². The highest BCUT2D eigenvalue weighted by Gasteiger charge is 2.15. The van der Waals surface area contributed by atoms with Gasteiger partial charge >= 0.3 is 0 Å². The predicted molar refractivity (Wildman–Crippen MR) is 137 cm³/mol. The lowest BCUT2D eigenvalue weighted by molar-refractivity contribution is 0.580. The van der Waals surface area contributed by atoms with Gasteiger partial charge in [0.1, 0.15) is 11.5 Å². The Morgan fingerprint density at radius 3 is 2.46 bits per heavy atom. The summed E-state index contributed by atoms with van der Waals surface area (Å²) in [6.45, 7) is 2.14. The van der Waals surface area contributed by atoms with Gasteiger partial charge in [0.15, 0.2) is 15.7 Å². The molecule has 0 aliphatic carbocycles. The SMILES string of the molecule is Cc1ccc(S(=O)(=O)CCn2cc(Cc3cc(N)nc(N)c3N=Nc3ccc(Cl)cc3)cn2)cc1. The van der Waals surface area contributed by atoms with Gasteiger partial charge < -0.3 is 11.5 Å². The zero-order valence-corrected chi connectivity index (χ0v) is 20.5. The summed E-state index contributed by atoms with van der Waals surface area (Å²) >= 11 is 5.92. The van der Waals surface area contributed by atoms with Crippen molar-refractivity contribution in [1.82, 2.24) is 14.8 Å². The second kappa shape index (κ2) is 10.2. The first-order chi connectivity index (χ1) is 16.7. The van der Waals surface area contributed by atoms with Gasteiger partial charge in [-0.2, -0.15) is 10.2 Å². The number of azo groups is 1. The molecule has 0 amide bonds. The maximum atomic E-state index is 12.6. The zero-order valence-electron chi connectivity index (χ0n) is 19.0. The van der Waals surface area contributed by atoms with E-state index in [1.54, 1.807) is 71.7 Å². The first-order valence-electron chi connectivity index (χ1n) is 10.7. The Kier molecular flexibility index (Phi) is 7.13. The van der Waals surface area contributed by atoms with Crippen LogP contribution < -0.4 is 11.5 Å². The topological polar surface area (TPSA) is 142 Å². The molecule has 0 aliphatic heterocycles. The molecule has 2 aromatic heterocycles. The van der Waals surface area contributed by atoms with Crippen LogP contribution in [-0.4, -0.2) is 28.9 Å². The van der Waals surface area contributed by atoms with Crippen LogP contribution in [0.2, 0.25) is 5.02 Å². The van der Waals surface area contributed by atoms with Gasteiger partial charge in [-0.05, 0) is 60.5 Å². The molecular formula is C24H24ClN7O2S. The van der Waals surface area contributed by atoms with Gasteiger partial charge in [-0.3, -0.25) is 4.68 Å². The quantitative estimate of drug-likeness (QED) is 0.324. The molecule has 0 fully saturated rings. The van der Waals surface area contributed by atoms with Crippen molar-refractivity contribution >= 4 is 44.4 Å². The number of hydrogen-bond acceptors (Lipinski definition) is 8. The van der Waals surface area contributed by atoms with E-state index in [2.05, 4.69) is 20.3 Å². The van der Waals surface area contributed by atoms with E-state index in [0.29, 0.717) is 27.7 Å². The van der Waals surface area contributed by atoms with Crippen molar-refractivity contribution in [3.8, 4) is 0 Å². The van der Waals surface area contributed by atoms with E-state index in [1.807, 2.05) is 6.92 Å². The second-order valence-electron chi connectivity index (χ2n) is 8.04. The van der Waals surface area contributed by atoms with E-state index >= 15 is 0 Å². The molecule has 4 aromatic rings. The van der Waals surface area contributed by atoms with Crippen LogP contribution in [-0.2, 0) is 22.8 Å². The third-order valence-electron chi connectivity index (χ3n) is 5.26. The Hall–Kier alpha value is -3.76. The number of benzene rings is 2. The van der Waals surface area contributed by atoms with Crippen LogP contribution in [0, 0.1) is 6.92 Å². The van der Waals surface area contributed by atoms with Gasteiger partial charge in [0, 0.05) is 17.6 Å². The van der Waals surface area contributed by atoms with Crippen LogP contribution in [0.25, 0.3) is 0 Å². The van der Waals surface area contributed by atoms with Gasteiger partial charge in [0.25, 0.3) is 0 Å². The first kappa shape index (κ1) is 24.4.